The van der Waals surface area contributed by atoms with Crippen LogP contribution >= 0.6 is 11.6 Å². The van der Waals surface area contributed by atoms with Gasteiger partial charge in [0.15, 0.2) is 6.10 Å². The molecule has 2 atom stereocenters. The molecule has 8 heteroatoms. The van der Waals surface area contributed by atoms with Crippen molar-refractivity contribution in [2.45, 2.75) is 25.5 Å². The molecule has 0 saturated heterocycles. The van der Waals surface area contributed by atoms with E-state index in [0.717, 1.165) is 12.1 Å². The van der Waals surface area contributed by atoms with Gasteiger partial charge >= 0.3 is 12.0 Å². The Kier molecular flexibility index (Phi) is 6.90. The van der Waals surface area contributed by atoms with Crippen LogP contribution in [0, 0.1) is 5.82 Å². The maximum absolute atomic E-state index is 12.9. The zero-order valence-corrected chi connectivity index (χ0v) is 15.2. The van der Waals surface area contributed by atoms with Crippen LogP contribution < -0.4 is 11.1 Å². The number of nitrogens with one attached hydrogen (secondary N) is 1. The predicted molar refractivity (Wildman–Crippen MR) is 97.8 cm³/mol. The molecular weight excluding hydrogens is 375 g/mol. The minimum atomic E-state index is -1.07. The minimum Gasteiger partial charge on any atom is -0.454 e. The Morgan fingerprint density at radius 1 is 1.11 bits per heavy atom. The third kappa shape index (κ3) is 6.07. The summed E-state index contributed by atoms with van der Waals surface area (Å²) in [4.78, 5) is 35.7. The first-order chi connectivity index (χ1) is 12.8. The van der Waals surface area contributed by atoms with Gasteiger partial charge in [-0.25, -0.2) is 9.18 Å². The summed E-state index contributed by atoms with van der Waals surface area (Å²) in [5.41, 5.74) is 5.99. The molecular formula is C19H18ClFN2O4. The molecule has 0 heterocycles. The molecule has 3 N–H and O–H groups in total. The van der Waals surface area contributed by atoms with Crippen molar-refractivity contribution in [3.63, 3.8) is 0 Å². The molecule has 2 aromatic rings. The molecule has 0 aliphatic heterocycles. The fourth-order valence-electron chi connectivity index (χ4n) is 2.43. The molecule has 0 aliphatic carbocycles. The van der Waals surface area contributed by atoms with E-state index in [0.29, 0.717) is 10.6 Å². The summed E-state index contributed by atoms with van der Waals surface area (Å²) in [5, 5.41) is 2.95. The van der Waals surface area contributed by atoms with Gasteiger partial charge in [-0.1, -0.05) is 23.7 Å². The van der Waals surface area contributed by atoms with E-state index in [-0.39, 0.29) is 12.0 Å². The van der Waals surface area contributed by atoms with Crippen LogP contribution in [0.2, 0.25) is 5.02 Å². The summed E-state index contributed by atoms with van der Waals surface area (Å²) in [5.74, 6) is -1.64. The van der Waals surface area contributed by atoms with Crippen molar-refractivity contribution < 1.29 is 23.5 Å². The largest absolute Gasteiger partial charge is 0.454 e. The lowest BCUT2D eigenvalue weighted by atomic mass is 10.0. The van der Waals surface area contributed by atoms with Gasteiger partial charge in [-0.15, -0.1) is 0 Å². The highest BCUT2D eigenvalue weighted by molar-refractivity contribution is 6.30. The van der Waals surface area contributed by atoms with Gasteiger partial charge in [-0.2, -0.15) is 0 Å². The molecule has 0 unspecified atom stereocenters. The number of esters is 1. The number of hydrogen-bond acceptors (Lipinski definition) is 4. The summed E-state index contributed by atoms with van der Waals surface area (Å²) in [6.07, 6.45) is -1.30. The Balaban J connectivity index is 2.03. The molecule has 0 spiro atoms. The van der Waals surface area contributed by atoms with Crippen LogP contribution in [0.5, 0.6) is 0 Å². The van der Waals surface area contributed by atoms with E-state index in [1.807, 2.05) is 0 Å². The summed E-state index contributed by atoms with van der Waals surface area (Å²) in [6.45, 7) is 1.42. The molecule has 0 saturated carbocycles. The Labute approximate surface area is 160 Å². The molecule has 0 aromatic heterocycles. The smallest absolute Gasteiger partial charge is 0.312 e. The van der Waals surface area contributed by atoms with Crippen LogP contribution in [0.25, 0.3) is 0 Å². The van der Waals surface area contributed by atoms with Crippen LogP contribution in [0.1, 0.15) is 35.3 Å². The van der Waals surface area contributed by atoms with Crippen LogP contribution in [-0.2, 0) is 9.53 Å². The highest BCUT2D eigenvalue weighted by atomic mass is 35.5. The van der Waals surface area contributed by atoms with Crippen molar-refractivity contribution in [3.8, 4) is 0 Å². The number of carbonyl (C=O) groups excluding carboxylic acids is 3. The number of primary amides is 1. The van der Waals surface area contributed by atoms with Gasteiger partial charge in [0, 0.05) is 10.6 Å². The standard InChI is InChI=1S/C19H18ClFN2O4/c1-11(18(25)13-4-8-15(21)9-5-13)27-17(24)10-16(23-19(22)26)12-2-6-14(20)7-3-12/h2-9,11,16H,10H2,1H3,(H3,22,23,26)/t11-,16+/m1/s1. The van der Waals surface area contributed by atoms with Crippen molar-refractivity contribution in [2.24, 2.45) is 5.73 Å². The molecule has 6 nitrogen and oxygen atoms in total. The van der Waals surface area contributed by atoms with Crippen LogP contribution in [0.15, 0.2) is 48.5 Å². The summed E-state index contributed by atoms with van der Waals surface area (Å²) in [6, 6.07) is 9.88. The fourth-order valence-corrected chi connectivity index (χ4v) is 2.56. The number of amides is 2. The highest BCUT2D eigenvalue weighted by Gasteiger charge is 2.23. The SMILES string of the molecule is C[C@@H](OC(=O)C[C@H](NC(N)=O)c1ccc(Cl)cc1)C(=O)c1ccc(F)cc1. The predicted octanol–water partition coefficient (Wildman–Crippen LogP) is 3.39. The number of hydrogen-bond donors (Lipinski definition) is 2. The molecule has 0 aliphatic rings. The normalized spacial score (nSPS) is 12.7. The molecule has 2 rings (SSSR count). The zero-order chi connectivity index (χ0) is 20.0. The Bertz CT molecular complexity index is 825. The van der Waals surface area contributed by atoms with Crippen LogP contribution in [-0.4, -0.2) is 23.9 Å². The Hall–Kier alpha value is -2.93. The van der Waals surface area contributed by atoms with E-state index in [9.17, 15) is 18.8 Å². The van der Waals surface area contributed by atoms with Gasteiger partial charge in [-0.05, 0) is 48.9 Å². The fraction of sp³-hybridized carbons (Fsp3) is 0.211. The van der Waals surface area contributed by atoms with Gasteiger partial charge in [0.05, 0.1) is 12.5 Å². The van der Waals surface area contributed by atoms with Gasteiger partial charge in [-0.3, -0.25) is 9.59 Å². The third-order valence-corrected chi connectivity index (χ3v) is 4.02. The zero-order valence-electron chi connectivity index (χ0n) is 14.4. The number of benzene rings is 2. The van der Waals surface area contributed by atoms with Crippen LogP contribution in [0.3, 0.4) is 0 Å². The Morgan fingerprint density at radius 2 is 1.70 bits per heavy atom. The van der Waals surface area contributed by atoms with E-state index >= 15 is 0 Å². The topological polar surface area (TPSA) is 98.5 Å². The van der Waals surface area contributed by atoms with Crippen molar-refractivity contribution in [3.05, 3.63) is 70.5 Å². The molecule has 142 valence electrons. The molecule has 0 bridgehead atoms. The van der Waals surface area contributed by atoms with Crippen molar-refractivity contribution in [1.29, 1.82) is 0 Å². The molecule has 2 aromatic carbocycles. The van der Waals surface area contributed by atoms with E-state index < -0.39 is 35.7 Å². The molecule has 0 radical (unpaired) electrons. The average Bonchev–Trinajstić information content (AvgIpc) is 2.61. The first-order valence-electron chi connectivity index (χ1n) is 8.07. The van der Waals surface area contributed by atoms with Crippen molar-refractivity contribution in [2.75, 3.05) is 0 Å². The minimum absolute atomic E-state index is 0.223. The van der Waals surface area contributed by atoms with E-state index in [4.69, 9.17) is 22.1 Å². The second-order valence-electron chi connectivity index (χ2n) is 5.82. The Morgan fingerprint density at radius 3 is 2.26 bits per heavy atom. The average molecular weight is 393 g/mol. The van der Waals surface area contributed by atoms with Gasteiger partial charge < -0.3 is 15.8 Å². The summed E-state index contributed by atoms with van der Waals surface area (Å²) in [7, 11) is 0. The lowest BCUT2D eigenvalue weighted by Crippen LogP contribution is -2.35. The van der Waals surface area contributed by atoms with Crippen molar-refractivity contribution in [1.82, 2.24) is 5.32 Å². The van der Waals surface area contributed by atoms with E-state index in [2.05, 4.69) is 5.32 Å². The van der Waals surface area contributed by atoms with Gasteiger partial charge in [0.25, 0.3) is 0 Å². The second-order valence-corrected chi connectivity index (χ2v) is 6.26. The number of nitrogens with two attached hydrogens (primary N) is 1. The highest BCUT2D eigenvalue weighted by Crippen LogP contribution is 2.20. The number of ether oxygens (including phenoxy) is 1. The number of rotatable bonds is 7. The van der Waals surface area contributed by atoms with Gasteiger partial charge in [0.2, 0.25) is 5.78 Å². The van der Waals surface area contributed by atoms with E-state index in [1.165, 1.54) is 19.1 Å². The molecule has 2 amide bonds. The maximum atomic E-state index is 12.9. The number of urea groups is 1. The number of carbonyl (C=O) groups is 3. The molecule has 0 fully saturated rings. The number of ketones is 1. The summed E-state index contributed by atoms with van der Waals surface area (Å²) >= 11 is 5.83. The lowest BCUT2D eigenvalue weighted by Gasteiger charge is -2.19. The summed E-state index contributed by atoms with van der Waals surface area (Å²) < 4.78 is 18.1. The number of Topliss-reactive ketones (excluding diaryl/α,β-unsaturated/α-hetero) is 1. The monoisotopic (exact) mass is 392 g/mol. The quantitative estimate of drug-likeness (QED) is 0.557. The first-order valence-corrected chi connectivity index (χ1v) is 8.44. The van der Waals surface area contributed by atoms with E-state index in [1.54, 1.807) is 24.3 Å². The third-order valence-electron chi connectivity index (χ3n) is 3.77. The molecule has 27 heavy (non-hydrogen) atoms. The first kappa shape index (κ1) is 20.4. The lowest BCUT2D eigenvalue weighted by molar-refractivity contribution is -0.146. The van der Waals surface area contributed by atoms with Crippen molar-refractivity contribution >= 4 is 29.4 Å². The second kappa shape index (κ2) is 9.14. The van der Waals surface area contributed by atoms with Crippen LogP contribution in [0.4, 0.5) is 9.18 Å². The van der Waals surface area contributed by atoms with Gasteiger partial charge in [0.1, 0.15) is 5.82 Å². The number of halogens is 2. The maximum Gasteiger partial charge on any atom is 0.312 e.